The average Bonchev–Trinajstić information content (AvgIpc) is 2.69. The number of allylic oxidation sites excluding steroid dienone is 1. The van der Waals surface area contributed by atoms with E-state index in [1.807, 2.05) is 18.2 Å². The third-order valence-electron chi connectivity index (χ3n) is 5.00. The molecule has 1 aromatic carbocycles. The Morgan fingerprint density at radius 1 is 1.11 bits per heavy atom. The summed E-state index contributed by atoms with van der Waals surface area (Å²) < 4.78 is 0. The summed E-state index contributed by atoms with van der Waals surface area (Å²) in [5.41, 5.74) is 5.04. The van der Waals surface area contributed by atoms with Crippen LogP contribution in [0.25, 0.3) is 0 Å². The van der Waals surface area contributed by atoms with E-state index in [1.54, 1.807) is 18.0 Å². The van der Waals surface area contributed by atoms with Crippen LogP contribution in [0.4, 0.5) is 11.4 Å². The minimum atomic E-state index is -0.140. The number of rotatable bonds is 7. The minimum absolute atomic E-state index is 0.140. The SMILES string of the molecule is CC(C)c1ccc(NC(=O)c2cncc(NCCC3=CCCCC3)c2)cc1. The zero-order valence-electron chi connectivity index (χ0n) is 16.3. The molecule has 0 fully saturated rings. The molecule has 0 saturated carbocycles. The number of amides is 1. The Hall–Kier alpha value is -2.62. The summed E-state index contributed by atoms with van der Waals surface area (Å²) in [5.74, 6) is 0.338. The molecule has 1 aliphatic rings. The Bertz CT molecular complexity index is 794. The maximum absolute atomic E-state index is 12.5. The highest BCUT2D eigenvalue weighted by Gasteiger charge is 2.09. The van der Waals surface area contributed by atoms with Gasteiger partial charge in [0.2, 0.25) is 0 Å². The van der Waals surface area contributed by atoms with Crippen LogP contribution in [0.1, 0.15) is 67.8 Å². The first-order chi connectivity index (χ1) is 13.1. The predicted molar refractivity (Wildman–Crippen MR) is 112 cm³/mol. The van der Waals surface area contributed by atoms with Gasteiger partial charge in [-0.1, -0.05) is 37.6 Å². The number of nitrogens with zero attached hydrogens (tertiary/aromatic N) is 1. The number of carbonyl (C=O) groups is 1. The smallest absolute Gasteiger partial charge is 0.257 e. The summed E-state index contributed by atoms with van der Waals surface area (Å²) in [6.45, 7) is 5.18. The molecule has 1 heterocycles. The predicted octanol–water partition coefficient (Wildman–Crippen LogP) is 5.76. The topological polar surface area (TPSA) is 54.0 Å². The van der Waals surface area contributed by atoms with Gasteiger partial charge in [-0.2, -0.15) is 0 Å². The van der Waals surface area contributed by atoms with Crippen molar-refractivity contribution in [3.63, 3.8) is 0 Å². The van der Waals surface area contributed by atoms with Crippen molar-refractivity contribution in [2.45, 2.75) is 51.9 Å². The molecular formula is C23H29N3O. The normalized spacial score (nSPS) is 14.0. The number of hydrogen-bond acceptors (Lipinski definition) is 3. The Balaban J connectivity index is 1.55. The van der Waals surface area contributed by atoms with Gasteiger partial charge in [-0.3, -0.25) is 9.78 Å². The van der Waals surface area contributed by atoms with E-state index in [2.05, 4.69) is 47.7 Å². The van der Waals surface area contributed by atoms with Gasteiger partial charge in [0.25, 0.3) is 5.91 Å². The summed E-state index contributed by atoms with van der Waals surface area (Å²) in [6, 6.07) is 9.86. The summed E-state index contributed by atoms with van der Waals surface area (Å²) >= 11 is 0. The van der Waals surface area contributed by atoms with Crippen LogP contribution in [0.5, 0.6) is 0 Å². The van der Waals surface area contributed by atoms with E-state index in [4.69, 9.17) is 0 Å². The van der Waals surface area contributed by atoms with Gasteiger partial charge in [0.15, 0.2) is 0 Å². The molecule has 0 radical (unpaired) electrons. The van der Waals surface area contributed by atoms with Crippen LogP contribution in [0.2, 0.25) is 0 Å². The second kappa shape index (κ2) is 9.36. The summed E-state index contributed by atoms with van der Waals surface area (Å²) in [4.78, 5) is 16.7. The van der Waals surface area contributed by atoms with Crippen LogP contribution in [-0.4, -0.2) is 17.4 Å². The molecule has 2 N–H and O–H groups in total. The summed E-state index contributed by atoms with van der Waals surface area (Å²) in [7, 11) is 0. The highest BCUT2D eigenvalue weighted by atomic mass is 16.1. The molecule has 0 unspecified atom stereocenters. The number of pyridine rings is 1. The summed E-state index contributed by atoms with van der Waals surface area (Å²) in [5, 5.41) is 6.33. The molecule has 142 valence electrons. The van der Waals surface area contributed by atoms with Crippen molar-refractivity contribution in [1.82, 2.24) is 4.98 Å². The van der Waals surface area contributed by atoms with Gasteiger partial charge in [-0.05, 0) is 61.8 Å². The lowest BCUT2D eigenvalue weighted by atomic mass is 9.97. The fraction of sp³-hybridized carbons (Fsp3) is 0.391. The van der Waals surface area contributed by atoms with Crippen molar-refractivity contribution < 1.29 is 4.79 Å². The highest BCUT2D eigenvalue weighted by molar-refractivity contribution is 6.04. The molecule has 3 rings (SSSR count). The van der Waals surface area contributed by atoms with Gasteiger partial charge >= 0.3 is 0 Å². The van der Waals surface area contributed by atoms with E-state index in [9.17, 15) is 4.79 Å². The molecule has 0 bridgehead atoms. The standard InChI is InChI=1S/C23H29N3O/c1-17(2)19-8-10-21(11-9-19)26-23(27)20-14-22(16-24-15-20)25-13-12-18-6-4-3-5-7-18/h6,8-11,14-17,25H,3-5,7,12-13H2,1-2H3,(H,26,27). The second-order valence-corrected chi connectivity index (χ2v) is 7.48. The zero-order valence-corrected chi connectivity index (χ0v) is 16.3. The van der Waals surface area contributed by atoms with E-state index in [0.29, 0.717) is 11.5 Å². The largest absolute Gasteiger partial charge is 0.383 e. The van der Waals surface area contributed by atoms with E-state index >= 15 is 0 Å². The highest BCUT2D eigenvalue weighted by Crippen LogP contribution is 2.21. The third kappa shape index (κ3) is 5.68. The first kappa shape index (κ1) is 19.2. The fourth-order valence-corrected chi connectivity index (χ4v) is 3.31. The molecule has 1 aromatic heterocycles. The number of anilines is 2. The minimum Gasteiger partial charge on any atom is -0.383 e. The Morgan fingerprint density at radius 3 is 2.63 bits per heavy atom. The average molecular weight is 364 g/mol. The van der Waals surface area contributed by atoms with Crippen molar-refractivity contribution in [1.29, 1.82) is 0 Å². The fourth-order valence-electron chi connectivity index (χ4n) is 3.31. The van der Waals surface area contributed by atoms with Gasteiger partial charge in [-0.15, -0.1) is 0 Å². The maximum Gasteiger partial charge on any atom is 0.257 e. The number of hydrogen-bond donors (Lipinski definition) is 2. The summed E-state index contributed by atoms with van der Waals surface area (Å²) in [6.07, 6.45) is 11.9. The molecule has 0 saturated heterocycles. The van der Waals surface area contributed by atoms with E-state index in [1.165, 1.54) is 31.2 Å². The monoisotopic (exact) mass is 363 g/mol. The molecule has 1 amide bonds. The van der Waals surface area contributed by atoms with Gasteiger partial charge in [-0.25, -0.2) is 0 Å². The van der Waals surface area contributed by atoms with Crippen molar-refractivity contribution in [3.8, 4) is 0 Å². The van der Waals surface area contributed by atoms with Crippen LogP contribution < -0.4 is 10.6 Å². The van der Waals surface area contributed by atoms with Crippen molar-refractivity contribution >= 4 is 17.3 Å². The van der Waals surface area contributed by atoms with Gasteiger partial charge < -0.3 is 10.6 Å². The van der Waals surface area contributed by atoms with Crippen LogP contribution in [0, 0.1) is 0 Å². The first-order valence-corrected chi connectivity index (χ1v) is 9.90. The number of aromatic nitrogens is 1. The molecule has 27 heavy (non-hydrogen) atoms. The molecular weight excluding hydrogens is 334 g/mol. The number of carbonyl (C=O) groups excluding carboxylic acids is 1. The Kier molecular flexibility index (Phi) is 6.64. The number of nitrogens with one attached hydrogen (secondary N) is 2. The molecule has 4 nitrogen and oxygen atoms in total. The zero-order chi connectivity index (χ0) is 19.1. The molecule has 1 aliphatic carbocycles. The van der Waals surface area contributed by atoms with Crippen LogP contribution in [-0.2, 0) is 0 Å². The lowest BCUT2D eigenvalue weighted by Crippen LogP contribution is -2.13. The maximum atomic E-state index is 12.5. The first-order valence-electron chi connectivity index (χ1n) is 9.90. The molecule has 0 spiro atoms. The van der Waals surface area contributed by atoms with Crippen LogP contribution in [0.3, 0.4) is 0 Å². The van der Waals surface area contributed by atoms with Gasteiger partial charge in [0.05, 0.1) is 11.3 Å². The van der Waals surface area contributed by atoms with E-state index in [-0.39, 0.29) is 5.91 Å². The quantitative estimate of drug-likeness (QED) is 0.615. The number of benzene rings is 1. The van der Waals surface area contributed by atoms with Crippen molar-refractivity contribution in [2.75, 3.05) is 17.2 Å². The molecule has 0 aliphatic heterocycles. The Labute approximate surface area is 162 Å². The van der Waals surface area contributed by atoms with Crippen LogP contribution >= 0.6 is 0 Å². The van der Waals surface area contributed by atoms with Gasteiger partial charge in [0.1, 0.15) is 0 Å². The second-order valence-electron chi connectivity index (χ2n) is 7.48. The van der Waals surface area contributed by atoms with Crippen molar-refractivity contribution in [3.05, 3.63) is 65.5 Å². The van der Waals surface area contributed by atoms with E-state index < -0.39 is 0 Å². The van der Waals surface area contributed by atoms with E-state index in [0.717, 1.165) is 24.3 Å². The Morgan fingerprint density at radius 2 is 1.93 bits per heavy atom. The third-order valence-corrected chi connectivity index (χ3v) is 5.00. The van der Waals surface area contributed by atoms with Crippen molar-refractivity contribution in [2.24, 2.45) is 0 Å². The molecule has 4 heteroatoms. The molecule has 0 atom stereocenters. The molecule has 2 aromatic rings. The lowest BCUT2D eigenvalue weighted by Gasteiger charge is -2.13. The van der Waals surface area contributed by atoms with Crippen LogP contribution in [0.15, 0.2) is 54.4 Å². The lowest BCUT2D eigenvalue weighted by molar-refractivity contribution is 0.102. The van der Waals surface area contributed by atoms with Gasteiger partial charge in [0, 0.05) is 24.6 Å².